The number of aryl methyl sites for hydroxylation is 1. The molecule has 0 saturated carbocycles. The second kappa shape index (κ2) is 6.06. The van der Waals surface area contributed by atoms with E-state index in [9.17, 15) is 14.3 Å². The second-order valence-corrected chi connectivity index (χ2v) is 4.31. The van der Waals surface area contributed by atoms with Crippen LogP contribution in [0.4, 0.5) is 14.9 Å². The number of carbonyl (C=O) groups is 1. The first kappa shape index (κ1) is 13.9. The topological polar surface area (TPSA) is 58.6 Å². The van der Waals surface area contributed by atoms with Gasteiger partial charge in [0.05, 0.1) is 5.69 Å². The molecular formula is C15H14FNO3. The van der Waals surface area contributed by atoms with Crippen molar-refractivity contribution in [2.75, 3.05) is 5.32 Å². The Morgan fingerprint density at radius 3 is 2.70 bits per heavy atom. The Morgan fingerprint density at radius 2 is 2.00 bits per heavy atom. The number of benzene rings is 2. The predicted molar refractivity (Wildman–Crippen MR) is 73.1 cm³/mol. The molecule has 0 atom stereocenters. The van der Waals surface area contributed by atoms with E-state index in [0.717, 1.165) is 11.6 Å². The number of ether oxygens (including phenoxy) is 1. The normalized spacial score (nSPS) is 10.1. The van der Waals surface area contributed by atoms with Gasteiger partial charge in [-0.3, -0.25) is 5.32 Å². The van der Waals surface area contributed by atoms with Crippen LogP contribution < -0.4 is 5.32 Å². The zero-order valence-electron chi connectivity index (χ0n) is 10.9. The fourth-order valence-electron chi connectivity index (χ4n) is 1.64. The van der Waals surface area contributed by atoms with Crippen LogP contribution in [0.3, 0.4) is 0 Å². The van der Waals surface area contributed by atoms with Gasteiger partial charge in [-0.05, 0) is 24.1 Å². The van der Waals surface area contributed by atoms with Gasteiger partial charge in [0.1, 0.15) is 18.2 Å². The minimum Gasteiger partial charge on any atom is -0.506 e. The number of amides is 1. The lowest BCUT2D eigenvalue weighted by molar-refractivity contribution is 0.155. The molecule has 2 aromatic rings. The Hall–Kier alpha value is -2.56. The number of anilines is 1. The maximum Gasteiger partial charge on any atom is 0.412 e. The standard InChI is InChI=1S/C15H14FNO3/c1-10-7-13(14(18)8-12(10)16)17-15(19)20-9-11-5-3-2-4-6-11/h2-8,18H,9H2,1H3,(H,17,19). The van der Waals surface area contributed by atoms with Crippen LogP contribution in [0.5, 0.6) is 5.75 Å². The SMILES string of the molecule is Cc1cc(NC(=O)OCc2ccccc2)c(O)cc1F. The number of aromatic hydroxyl groups is 1. The number of phenols is 1. The van der Waals surface area contributed by atoms with Gasteiger partial charge in [0, 0.05) is 6.07 Å². The molecule has 104 valence electrons. The lowest BCUT2D eigenvalue weighted by Crippen LogP contribution is -2.13. The lowest BCUT2D eigenvalue weighted by Gasteiger charge is -2.09. The minimum atomic E-state index is -0.713. The van der Waals surface area contributed by atoms with Crippen molar-refractivity contribution in [1.29, 1.82) is 0 Å². The van der Waals surface area contributed by atoms with Crippen LogP contribution in [-0.4, -0.2) is 11.2 Å². The molecule has 2 rings (SSSR count). The summed E-state index contributed by atoms with van der Waals surface area (Å²) >= 11 is 0. The Morgan fingerprint density at radius 1 is 1.30 bits per heavy atom. The van der Waals surface area contributed by atoms with Gasteiger partial charge in [0.2, 0.25) is 0 Å². The molecule has 0 aliphatic rings. The number of phenolic OH excluding ortho intramolecular Hbond substituents is 1. The largest absolute Gasteiger partial charge is 0.506 e. The van der Waals surface area contributed by atoms with Gasteiger partial charge < -0.3 is 9.84 Å². The maximum atomic E-state index is 13.2. The van der Waals surface area contributed by atoms with Crippen LogP contribution in [0.1, 0.15) is 11.1 Å². The van der Waals surface area contributed by atoms with Gasteiger partial charge in [-0.25, -0.2) is 9.18 Å². The molecule has 5 heteroatoms. The smallest absolute Gasteiger partial charge is 0.412 e. The molecular weight excluding hydrogens is 261 g/mol. The molecule has 1 amide bonds. The fourth-order valence-corrected chi connectivity index (χ4v) is 1.64. The third-order valence-electron chi connectivity index (χ3n) is 2.73. The predicted octanol–water partition coefficient (Wildman–Crippen LogP) is 3.59. The van der Waals surface area contributed by atoms with Gasteiger partial charge in [-0.15, -0.1) is 0 Å². The number of carbonyl (C=O) groups excluding carboxylic acids is 1. The van der Waals surface area contributed by atoms with Crippen LogP contribution in [-0.2, 0) is 11.3 Å². The van der Waals surface area contributed by atoms with Crippen LogP contribution in [0.2, 0.25) is 0 Å². The van der Waals surface area contributed by atoms with Crippen LogP contribution >= 0.6 is 0 Å². The van der Waals surface area contributed by atoms with E-state index < -0.39 is 11.9 Å². The molecule has 2 aromatic carbocycles. The zero-order chi connectivity index (χ0) is 14.5. The Bertz CT molecular complexity index is 614. The van der Waals surface area contributed by atoms with Gasteiger partial charge >= 0.3 is 6.09 Å². The average molecular weight is 275 g/mol. The van der Waals surface area contributed by atoms with E-state index in [1.165, 1.54) is 13.0 Å². The first-order valence-corrected chi connectivity index (χ1v) is 6.03. The van der Waals surface area contributed by atoms with Gasteiger partial charge in [-0.2, -0.15) is 0 Å². The van der Waals surface area contributed by atoms with Crippen molar-refractivity contribution in [1.82, 2.24) is 0 Å². The first-order valence-electron chi connectivity index (χ1n) is 6.03. The number of hydrogen-bond acceptors (Lipinski definition) is 3. The third-order valence-corrected chi connectivity index (χ3v) is 2.73. The van der Waals surface area contributed by atoms with Crippen LogP contribution in [0.25, 0.3) is 0 Å². The van der Waals surface area contributed by atoms with E-state index in [4.69, 9.17) is 4.74 Å². The van der Waals surface area contributed by atoms with Gasteiger partial charge in [0.25, 0.3) is 0 Å². The zero-order valence-corrected chi connectivity index (χ0v) is 10.9. The molecule has 0 saturated heterocycles. The summed E-state index contributed by atoms with van der Waals surface area (Å²) in [4.78, 5) is 11.6. The monoisotopic (exact) mass is 275 g/mol. The quantitative estimate of drug-likeness (QED) is 0.842. The second-order valence-electron chi connectivity index (χ2n) is 4.31. The van der Waals surface area contributed by atoms with Gasteiger partial charge in [-0.1, -0.05) is 30.3 Å². The molecule has 0 fully saturated rings. The maximum absolute atomic E-state index is 13.2. The van der Waals surface area contributed by atoms with E-state index >= 15 is 0 Å². The molecule has 4 nitrogen and oxygen atoms in total. The highest BCUT2D eigenvalue weighted by molar-refractivity contribution is 5.86. The summed E-state index contributed by atoms with van der Waals surface area (Å²) in [5, 5.41) is 11.9. The highest BCUT2D eigenvalue weighted by Crippen LogP contribution is 2.26. The fraction of sp³-hybridized carbons (Fsp3) is 0.133. The van der Waals surface area contributed by atoms with Crippen molar-refractivity contribution in [2.24, 2.45) is 0 Å². The first-order chi connectivity index (χ1) is 9.56. The lowest BCUT2D eigenvalue weighted by atomic mass is 10.2. The number of hydrogen-bond donors (Lipinski definition) is 2. The van der Waals surface area contributed by atoms with Crippen molar-refractivity contribution in [3.8, 4) is 5.75 Å². The Balaban J connectivity index is 1.97. The van der Waals surface area contributed by atoms with E-state index in [1.807, 2.05) is 30.3 Å². The molecule has 0 aromatic heterocycles. The molecule has 2 N–H and O–H groups in total. The molecule has 0 bridgehead atoms. The molecule has 0 aliphatic carbocycles. The summed E-state index contributed by atoms with van der Waals surface area (Å²) in [6, 6.07) is 11.5. The Kier molecular flexibility index (Phi) is 4.20. The van der Waals surface area contributed by atoms with Crippen LogP contribution in [0.15, 0.2) is 42.5 Å². The number of nitrogens with one attached hydrogen (secondary N) is 1. The third kappa shape index (κ3) is 3.47. The summed E-state index contributed by atoms with van der Waals surface area (Å²) in [5.41, 5.74) is 1.28. The number of rotatable bonds is 3. The summed E-state index contributed by atoms with van der Waals surface area (Å²) in [5.74, 6) is -0.879. The van der Waals surface area contributed by atoms with E-state index in [0.29, 0.717) is 5.56 Å². The minimum absolute atomic E-state index is 0.113. The van der Waals surface area contributed by atoms with Gasteiger partial charge in [0.15, 0.2) is 0 Å². The molecule has 0 aliphatic heterocycles. The summed E-state index contributed by atoms with van der Waals surface area (Å²) in [6.07, 6.45) is -0.713. The highest BCUT2D eigenvalue weighted by Gasteiger charge is 2.10. The molecule has 0 radical (unpaired) electrons. The van der Waals surface area contributed by atoms with Crippen molar-refractivity contribution in [3.63, 3.8) is 0 Å². The van der Waals surface area contributed by atoms with E-state index in [2.05, 4.69) is 5.32 Å². The summed E-state index contributed by atoms with van der Waals surface area (Å²) < 4.78 is 18.2. The highest BCUT2D eigenvalue weighted by atomic mass is 19.1. The van der Waals surface area contributed by atoms with Crippen molar-refractivity contribution >= 4 is 11.8 Å². The average Bonchev–Trinajstić information content (AvgIpc) is 2.44. The summed E-state index contributed by atoms with van der Waals surface area (Å²) in [6.45, 7) is 1.66. The molecule has 20 heavy (non-hydrogen) atoms. The Labute approximate surface area is 115 Å². The van der Waals surface area contributed by atoms with Crippen LogP contribution in [0, 0.1) is 12.7 Å². The van der Waals surface area contributed by atoms with Crippen molar-refractivity contribution in [3.05, 3.63) is 59.4 Å². The van der Waals surface area contributed by atoms with Crippen molar-refractivity contribution < 1.29 is 19.0 Å². The van der Waals surface area contributed by atoms with E-state index in [1.54, 1.807) is 0 Å². The summed E-state index contributed by atoms with van der Waals surface area (Å²) in [7, 11) is 0. The molecule has 0 heterocycles. The molecule has 0 spiro atoms. The van der Waals surface area contributed by atoms with Crippen molar-refractivity contribution in [2.45, 2.75) is 13.5 Å². The number of halogens is 1. The molecule has 0 unspecified atom stereocenters. The van der Waals surface area contributed by atoms with E-state index in [-0.39, 0.29) is 18.0 Å².